The summed E-state index contributed by atoms with van der Waals surface area (Å²) in [6, 6.07) is 0. The van der Waals surface area contributed by atoms with Crippen molar-refractivity contribution in [1.82, 2.24) is 9.88 Å². The van der Waals surface area contributed by atoms with Crippen molar-refractivity contribution in [2.45, 2.75) is 32.6 Å². The van der Waals surface area contributed by atoms with Crippen LogP contribution in [0.25, 0.3) is 0 Å². The number of hydrogen-bond donors (Lipinski definition) is 0. The highest BCUT2D eigenvalue weighted by atomic mass is 32.2. The van der Waals surface area contributed by atoms with Crippen LogP contribution in [0, 0.1) is 13.8 Å². The molecule has 0 aromatic carbocycles. The Balaban J connectivity index is 2.02. The molecule has 2 rings (SSSR count). The summed E-state index contributed by atoms with van der Waals surface area (Å²) in [5.41, 5.74) is 0.901. The molecule has 0 amide bonds. The Bertz CT molecular complexity index is 487. The zero-order valence-corrected chi connectivity index (χ0v) is 11.2. The van der Waals surface area contributed by atoms with Gasteiger partial charge in [0.25, 0.3) is 0 Å². The topological polar surface area (TPSA) is 63.4 Å². The van der Waals surface area contributed by atoms with Gasteiger partial charge in [-0.3, -0.25) is 4.90 Å². The van der Waals surface area contributed by atoms with E-state index < -0.39 is 9.84 Å². The predicted molar refractivity (Wildman–Crippen MR) is 64.5 cm³/mol. The summed E-state index contributed by atoms with van der Waals surface area (Å²) in [7, 11) is -2.88. The van der Waals surface area contributed by atoms with Crippen molar-refractivity contribution in [3.8, 4) is 0 Å². The fraction of sp³-hybridized carbons (Fsp3) is 0.727. The summed E-state index contributed by atoms with van der Waals surface area (Å²) in [4.78, 5) is 6.39. The van der Waals surface area contributed by atoms with E-state index >= 15 is 0 Å². The van der Waals surface area contributed by atoms with Crippen LogP contribution in [0.1, 0.15) is 24.3 Å². The molecule has 1 aromatic rings. The lowest BCUT2D eigenvalue weighted by molar-refractivity contribution is 0.241. The van der Waals surface area contributed by atoms with E-state index in [-0.39, 0.29) is 11.0 Å². The van der Waals surface area contributed by atoms with E-state index in [1.165, 1.54) is 0 Å². The van der Waals surface area contributed by atoms with Gasteiger partial charge in [0.15, 0.2) is 9.84 Å². The van der Waals surface area contributed by atoms with Crippen molar-refractivity contribution in [1.29, 1.82) is 0 Å². The lowest BCUT2D eigenvalue weighted by Gasteiger charge is -2.29. The van der Waals surface area contributed by atoms with Gasteiger partial charge in [0.1, 0.15) is 5.76 Å². The summed E-state index contributed by atoms with van der Waals surface area (Å²) in [5.74, 6) is 1.73. The predicted octanol–water partition coefficient (Wildman–Crippen LogP) is 0.910. The van der Waals surface area contributed by atoms with E-state index in [0.29, 0.717) is 25.5 Å². The van der Waals surface area contributed by atoms with Crippen LogP contribution in [0.3, 0.4) is 0 Å². The number of oxazole rings is 1. The highest BCUT2D eigenvalue weighted by molar-refractivity contribution is 7.92. The van der Waals surface area contributed by atoms with Crippen LogP contribution < -0.4 is 0 Å². The summed E-state index contributed by atoms with van der Waals surface area (Å²) in [6.45, 7) is 7.26. The maximum absolute atomic E-state index is 11.6. The Morgan fingerprint density at radius 3 is 2.71 bits per heavy atom. The molecule has 0 saturated carbocycles. The molecule has 96 valence electrons. The minimum atomic E-state index is -2.88. The Hall–Kier alpha value is -0.880. The van der Waals surface area contributed by atoms with E-state index in [9.17, 15) is 8.42 Å². The van der Waals surface area contributed by atoms with E-state index in [2.05, 4.69) is 9.88 Å². The average molecular weight is 258 g/mol. The molecule has 1 aliphatic heterocycles. The molecular weight excluding hydrogens is 240 g/mol. The van der Waals surface area contributed by atoms with Gasteiger partial charge >= 0.3 is 0 Å². The van der Waals surface area contributed by atoms with Crippen LogP contribution in [0.5, 0.6) is 0 Å². The molecule has 1 aromatic heterocycles. The minimum Gasteiger partial charge on any atom is -0.444 e. The number of aryl methyl sites for hydroxylation is 2. The van der Waals surface area contributed by atoms with Crippen LogP contribution in [-0.2, 0) is 16.4 Å². The van der Waals surface area contributed by atoms with Gasteiger partial charge in [0.05, 0.1) is 23.2 Å². The number of aromatic nitrogens is 1. The van der Waals surface area contributed by atoms with Gasteiger partial charge < -0.3 is 4.42 Å². The maximum Gasteiger partial charge on any atom is 0.208 e. The quantitative estimate of drug-likeness (QED) is 0.789. The van der Waals surface area contributed by atoms with Gasteiger partial charge in [-0.05, 0) is 20.8 Å². The molecule has 2 heterocycles. The molecule has 1 aliphatic rings. The van der Waals surface area contributed by atoms with Crippen LogP contribution in [-0.4, -0.2) is 42.4 Å². The molecule has 0 aliphatic carbocycles. The molecule has 17 heavy (non-hydrogen) atoms. The first kappa shape index (κ1) is 12.6. The number of rotatable bonds is 2. The molecule has 0 N–H and O–H groups in total. The monoisotopic (exact) mass is 258 g/mol. The maximum atomic E-state index is 11.6. The van der Waals surface area contributed by atoms with Crippen molar-refractivity contribution in [2.75, 3.05) is 18.8 Å². The molecule has 6 heteroatoms. The molecule has 1 saturated heterocycles. The Morgan fingerprint density at radius 1 is 1.47 bits per heavy atom. The number of hydrogen-bond acceptors (Lipinski definition) is 5. The average Bonchev–Trinajstić information content (AvgIpc) is 2.53. The third-order valence-corrected chi connectivity index (χ3v) is 5.38. The van der Waals surface area contributed by atoms with Gasteiger partial charge in [-0.2, -0.15) is 0 Å². The van der Waals surface area contributed by atoms with Crippen molar-refractivity contribution in [2.24, 2.45) is 0 Å². The molecule has 5 nitrogen and oxygen atoms in total. The third kappa shape index (κ3) is 2.69. The fourth-order valence-electron chi connectivity index (χ4n) is 1.97. The summed E-state index contributed by atoms with van der Waals surface area (Å²) in [5, 5.41) is -0.298. The first-order valence-corrected chi connectivity index (χ1v) is 7.47. The van der Waals surface area contributed by atoms with Gasteiger partial charge in [0, 0.05) is 13.1 Å². The largest absolute Gasteiger partial charge is 0.444 e. The molecule has 1 fully saturated rings. The van der Waals surface area contributed by atoms with Gasteiger partial charge in [-0.25, -0.2) is 13.4 Å². The van der Waals surface area contributed by atoms with Gasteiger partial charge in [-0.15, -0.1) is 0 Å². The lowest BCUT2D eigenvalue weighted by atomic mass is 10.4. The number of sulfone groups is 1. The SMILES string of the molecule is Cc1nc(CN2CCS(=O)(=O)C(C)C2)oc1C. The van der Waals surface area contributed by atoms with E-state index in [0.717, 1.165) is 11.5 Å². The second-order valence-corrected chi connectivity index (χ2v) is 7.20. The molecule has 0 bridgehead atoms. The van der Waals surface area contributed by atoms with Crippen LogP contribution >= 0.6 is 0 Å². The first-order valence-electron chi connectivity index (χ1n) is 5.75. The highest BCUT2D eigenvalue weighted by Gasteiger charge is 2.29. The number of nitrogens with zero attached hydrogens (tertiary/aromatic N) is 2. The summed E-state index contributed by atoms with van der Waals surface area (Å²) >= 11 is 0. The molecule has 0 spiro atoms. The molecule has 1 atom stereocenters. The molecular formula is C11H18N2O3S. The van der Waals surface area contributed by atoms with Gasteiger partial charge in [0.2, 0.25) is 5.89 Å². The smallest absolute Gasteiger partial charge is 0.208 e. The van der Waals surface area contributed by atoms with Crippen molar-refractivity contribution in [3.05, 3.63) is 17.3 Å². The van der Waals surface area contributed by atoms with Crippen molar-refractivity contribution < 1.29 is 12.8 Å². The zero-order chi connectivity index (χ0) is 12.6. The zero-order valence-electron chi connectivity index (χ0n) is 10.4. The summed E-state index contributed by atoms with van der Waals surface area (Å²) < 4.78 is 28.6. The normalized spacial score (nSPS) is 25.0. The highest BCUT2D eigenvalue weighted by Crippen LogP contribution is 2.16. The van der Waals surface area contributed by atoms with Gasteiger partial charge in [-0.1, -0.05) is 0 Å². The van der Waals surface area contributed by atoms with E-state index in [4.69, 9.17) is 4.42 Å². The van der Waals surface area contributed by atoms with Crippen LogP contribution in [0.4, 0.5) is 0 Å². The molecule has 1 unspecified atom stereocenters. The Kier molecular flexibility index (Phi) is 3.27. The van der Waals surface area contributed by atoms with Crippen LogP contribution in [0.15, 0.2) is 4.42 Å². The Morgan fingerprint density at radius 2 is 2.18 bits per heavy atom. The second kappa shape index (κ2) is 4.42. The van der Waals surface area contributed by atoms with Crippen molar-refractivity contribution in [3.63, 3.8) is 0 Å². The first-order chi connectivity index (χ1) is 7.88. The van der Waals surface area contributed by atoms with E-state index in [1.807, 2.05) is 13.8 Å². The van der Waals surface area contributed by atoms with Crippen LogP contribution in [0.2, 0.25) is 0 Å². The fourth-order valence-corrected chi connectivity index (χ4v) is 3.32. The standard InChI is InChI=1S/C11H18N2O3S/c1-8-6-13(4-5-17(8,14)15)7-11-12-9(2)10(3)16-11/h8H,4-7H2,1-3H3. The third-order valence-electron chi connectivity index (χ3n) is 3.25. The Labute approximate surface area is 102 Å². The minimum absolute atomic E-state index is 0.229. The van der Waals surface area contributed by atoms with E-state index in [1.54, 1.807) is 6.92 Å². The lowest BCUT2D eigenvalue weighted by Crippen LogP contribution is -2.44. The summed E-state index contributed by atoms with van der Waals surface area (Å²) in [6.07, 6.45) is 0. The molecule has 0 radical (unpaired) electrons. The van der Waals surface area contributed by atoms with Crippen molar-refractivity contribution >= 4 is 9.84 Å². The second-order valence-electron chi connectivity index (χ2n) is 4.66.